The van der Waals surface area contributed by atoms with Crippen LogP contribution in [0.25, 0.3) is 0 Å². The number of sulfonamides is 1. The molecule has 0 bridgehead atoms. The van der Waals surface area contributed by atoms with Crippen molar-refractivity contribution < 1.29 is 32.3 Å². The predicted molar refractivity (Wildman–Crippen MR) is 121 cm³/mol. The number of carbonyl (C=O) groups is 3. The molecule has 2 aromatic carbocycles. The summed E-state index contributed by atoms with van der Waals surface area (Å²) in [4.78, 5) is 36.7. The highest BCUT2D eigenvalue weighted by atomic mass is 32.2. The first kappa shape index (κ1) is 24.9. The minimum atomic E-state index is -3.79. The maximum atomic E-state index is 12.8. The van der Waals surface area contributed by atoms with E-state index in [-0.39, 0.29) is 16.8 Å². The van der Waals surface area contributed by atoms with Crippen molar-refractivity contribution in [1.82, 2.24) is 0 Å². The third-order valence-corrected chi connectivity index (χ3v) is 5.74. The van der Waals surface area contributed by atoms with Crippen molar-refractivity contribution in [3.8, 4) is 0 Å². The second kappa shape index (κ2) is 9.82. The van der Waals surface area contributed by atoms with Crippen molar-refractivity contribution in [2.75, 3.05) is 36.6 Å². The number of anilines is 2. The number of rotatable bonds is 7. The van der Waals surface area contributed by atoms with E-state index >= 15 is 0 Å². The van der Waals surface area contributed by atoms with Crippen molar-refractivity contribution in [3.63, 3.8) is 0 Å². The molecule has 32 heavy (non-hydrogen) atoms. The van der Waals surface area contributed by atoms with Gasteiger partial charge in [-0.15, -0.1) is 0 Å². The summed E-state index contributed by atoms with van der Waals surface area (Å²) in [7, 11) is -1.43. The first-order valence-corrected chi connectivity index (χ1v) is 11.4. The number of benzene rings is 2. The molecule has 0 spiro atoms. The maximum absolute atomic E-state index is 12.8. The predicted octanol–water partition coefficient (Wildman–Crippen LogP) is 2.59. The largest absolute Gasteiger partial charge is 0.465 e. The van der Waals surface area contributed by atoms with E-state index in [0.717, 1.165) is 16.1 Å². The van der Waals surface area contributed by atoms with Crippen LogP contribution in [0.2, 0.25) is 0 Å². The van der Waals surface area contributed by atoms with Crippen LogP contribution in [0.3, 0.4) is 0 Å². The number of carbonyl (C=O) groups excluding carboxylic acids is 3. The van der Waals surface area contributed by atoms with E-state index in [1.54, 1.807) is 13.8 Å². The Hall–Kier alpha value is -3.40. The van der Waals surface area contributed by atoms with E-state index < -0.39 is 34.4 Å². The van der Waals surface area contributed by atoms with Crippen LogP contribution in [0.4, 0.5) is 11.4 Å². The molecule has 9 nitrogen and oxygen atoms in total. The third-order valence-electron chi connectivity index (χ3n) is 4.63. The number of esters is 2. The van der Waals surface area contributed by atoms with E-state index in [2.05, 4.69) is 14.8 Å². The molecule has 0 heterocycles. The second-order valence-corrected chi connectivity index (χ2v) is 9.25. The van der Waals surface area contributed by atoms with Gasteiger partial charge in [-0.1, -0.05) is 17.7 Å². The lowest BCUT2D eigenvalue weighted by Gasteiger charge is -2.26. The zero-order valence-electron chi connectivity index (χ0n) is 18.8. The Labute approximate surface area is 187 Å². The number of methoxy groups -OCH3 is 2. The van der Waals surface area contributed by atoms with Crippen LogP contribution in [-0.4, -0.2) is 53.3 Å². The summed E-state index contributed by atoms with van der Waals surface area (Å²) in [6.45, 7) is 4.94. The van der Waals surface area contributed by atoms with Crippen LogP contribution in [0.15, 0.2) is 30.3 Å². The topological polar surface area (TPSA) is 119 Å². The number of nitrogens with zero attached hydrogens (tertiary/aromatic N) is 1. The SMILES string of the molecule is COC(=O)c1cc(NC(=O)CN(c2c(C)cc(C)cc2C)S(C)(=O)=O)cc(C(=O)OC)c1. The highest BCUT2D eigenvalue weighted by Gasteiger charge is 2.25. The quantitative estimate of drug-likeness (QED) is 0.628. The van der Waals surface area contributed by atoms with E-state index in [0.29, 0.717) is 16.8 Å². The Morgan fingerprint density at radius 1 is 0.875 bits per heavy atom. The molecule has 1 N–H and O–H groups in total. The van der Waals surface area contributed by atoms with Gasteiger partial charge in [0, 0.05) is 5.69 Å². The fraction of sp³-hybridized carbons (Fsp3) is 0.318. The molecule has 2 rings (SSSR count). The van der Waals surface area contributed by atoms with Crippen LogP contribution in [0.5, 0.6) is 0 Å². The summed E-state index contributed by atoms with van der Waals surface area (Å²) in [5.41, 5.74) is 2.97. The highest BCUT2D eigenvalue weighted by Crippen LogP contribution is 2.28. The highest BCUT2D eigenvalue weighted by molar-refractivity contribution is 7.92. The summed E-state index contributed by atoms with van der Waals surface area (Å²) < 4.78 is 35.4. The molecule has 0 saturated carbocycles. The van der Waals surface area contributed by atoms with Gasteiger partial charge in [0.25, 0.3) is 0 Å². The number of aryl methyl sites for hydroxylation is 3. The van der Waals surface area contributed by atoms with Crippen LogP contribution in [0, 0.1) is 20.8 Å². The van der Waals surface area contributed by atoms with E-state index in [1.165, 1.54) is 32.4 Å². The minimum absolute atomic E-state index is 0.0240. The van der Waals surface area contributed by atoms with Crippen molar-refractivity contribution >= 4 is 39.2 Å². The number of nitrogens with one attached hydrogen (secondary N) is 1. The van der Waals surface area contributed by atoms with E-state index in [1.807, 2.05) is 19.1 Å². The van der Waals surface area contributed by atoms with Gasteiger partial charge in [-0.2, -0.15) is 0 Å². The van der Waals surface area contributed by atoms with Gasteiger partial charge in [0.05, 0.1) is 37.3 Å². The van der Waals surface area contributed by atoms with Gasteiger partial charge < -0.3 is 14.8 Å². The average molecular weight is 463 g/mol. The van der Waals surface area contributed by atoms with Crippen molar-refractivity contribution in [1.29, 1.82) is 0 Å². The molecule has 10 heteroatoms. The zero-order valence-corrected chi connectivity index (χ0v) is 19.6. The van der Waals surface area contributed by atoms with Gasteiger partial charge in [0.1, 0.15) is 6.54 Å². The molecule has 0 aliphatic carbocycles. The lowest BCUT2D eigenvalue weighted by Crippen LogP contribution is -2.38. The molecular formula is C22H26N2O7S. The molecule has 0 fully saturated rings. The molecule has 0 radical (unpaired) electrons. The molecule has 172 valence electrons. The first-order valence-electron chi connectivity index (χ1n) is 9.54. The van der Waals surface area contributed by atoms with E-state index in [9.17, 15) is 22.8 Å². The monoisotopic (exact) mass is 462 g/mol. The average Bonchev–Trinajstić information content (AvgIpc) is 2.70. The molecule has 0 aliphatic heterocycles. The molecular weight excluding hydrogens is 436 g/mol. The zero-order chi connectivity index (χ0) is 24.2. The summed E-state index contributed by atoms with van der Waals surface area (Å²) in [5, 5.41) is 2.54. The normalized spacial score (nSPS) is 10.9. The Kier molecular flexibility index (Phi) is 7.63. The van der Waals surface area contributed by atoms with Crippen LogP contribution in [0.1, 0.15) is 37.4 Å². The Bertz CT molecular complexity index is 1120. The number of amides is 1. The van der Waals surface area contributed by atoms with Crippen LogP contribution >= 0.6 is 0 Å². The molecule has 0 saturated heterocycles. The molecule has 0 atom stereocenters. The minimum Gasteiger partial charge on any atom is -0.465 e. The fourth-order valence-electron chi connectivity index (χ4n) is 3.43. The summed E-state index contributed by atoms with van der Waals surface area (Å²) in [5.74, 6) is -2.09. The first-order chi connectivity index (χ1) is 14.9. The van der Waals surface area contributed by atoms with Crippen molar-refractivity contribution in [2.24, 2.45) is 0 Å². The summed E-state index contributed by atoms with van der Waals surface area (Å²) in [6, 6.07) is 7.59. The summed E-state index contributed by atoms with van der Waals surface area (Å²) in [6.07, 6.45) is 1.02. The van der Waals surface area contributed by atoms with Gasteiger partial charge in [-0.25, -0.2) is 18.0 Å². The van der Waals surface area contributed by atoms with Gasteiger partial charge >= 0.3 is 11.9 Å². The van der Waals surface area contributed by atoms with E-state index in [4.69, 9.17) is 0 Å². The Morgan fingerprint density at radius 2 is 1.34 bits per heavy atom. The molecule has 0 aromatic heterocycles. The lowest BCUT2D eigenvalue weighted by atomic mass is 10.1. The third kappa shape index (κ3) is 5.85. The molecule has 1 amide bonds. The number of hydrogen-bond donors (Lipinski definition) is 1. The second-order valence-electron chi connectivity index (χ2n) is 7.35. The molecule has 2 aromatic rings. The number of ether oxygens (including phenoxy) is 2. The van der Waals surface area contributed by atoms with Gasteiger partial charge in [0.2, 0.25) is 15.9 Å². The van der Waals surface area contributed by atoms with Gasteiger partial charge in [-0.05, 0) is 50.1 Å². The van der Waals surface area contributed by atoms with Crippen LogP contribution in [-0.2, 0) is 24.3 Å². The molecule has 0 unspecified atom stereocenters. The van der Waals surface area contributed by atoms with Gasteiger partial charge in [-0.3, -0.25) is 9.10 Å². The lowest BCUT2D eigenvalue weighted by molar-refractivity contribution is -0.114. The van der Waals surface area contributed by atoms with Crippen LogP contribution < -0.4 is 9.62 Å². The Balaban J connectivity index is 2.41. The smallest absolute Gasteiger partial charge is 0.337 e. The Morgan fingerprint density at radius 3 is 1.75 bits per heavy atom. The fourth-order valence-corrected chi connectivity index (χ4v) is 4.40. The standard InChI is InChI=1S/C22H26N2O7S/c1-13-7-14(2)20(15(3)8-13)24(32(6,28)29)12-19(25)23-18-10-16(21(26)30-4)9-17(11-18)22(27)31-5/h7-11H,12H2,1-6H3,(H,23,25). The van der Waals surface area contributed by atoms with Crippen molar-refractivity contribution in [3.05, 3.63) is 58.1 Å². The van der Waals surface area contributed by atoms with Gasteiger partial charge in [0.15, 0.2) is 0 Å². The summed E-state index contributed by atoms with van der Waals surface area (Å²) >= 11 is 0. The maximum Gasteiger partial charge on any atom is 0.337 e. The van der Waals surface area contributed by atoms with Crippen molar-refractivity contribution in [2.45, 2.75) is 20.8 Å². The number of hydrogen-bond acceptors (Lipinski definition) is 7. The molecule has 0 aliphatic rings.